The average Bonchev–Trinajstić information content (AvgIpc) is 2.26. The lowest BCUT2D eigenvalue weighted by Crippen LogP contribution is -2.35. The molecule has 0 atom stereocenters. The van der Waals surface area contributed by atoms with Crippen molar-refractivity contribution in [3.8, 4) is 0 Å². The van der Waals surface area contributed by atoms with Crippen LogP contribution in [0.15, 0.2) is 0 Å². The number of nitrogens with two attached hydrogens (primary N) is 1. The van der Waals surface area contributed by atoms with Gasteiger partial charge in [-0.3, -0.25) is 4.79 Å². The van der Waals surface area contributed by atoms with Crippen LogP contribution in [0.4, 0.5) is 0 Å². The highest BCUT2D eigenvalue weighted by Crippen LogP contribution is 2.29. The summed E-state index contributed by atoms with van der Waals surface area (Å²) in [6.45, 7) is 3.21. The molecule has 0 saturated heterocycles. The minimum atomic E-state index is -0.0254. The van der Waals surface area contributed by atoms with Gasteiger partial charge in [0.05, 0.1) is 6.54 Å². The zero-order valence-corrected chi connectivity index (χ0v) is 9.09. The predicted octanol–water partition coefficient (Wildman–Crippen LogP) is 1.28. The fourth-order valence-corrected chi connectivity index (χ4v) is 2.17. The summed E-state index contributed by atoms with van der Waals surface area (Å²) >= 11 is 0. The van der Waals surface area contributed by atoms with E-state index in [0.717, 1.165) is 12.5 Å². The van der Waals surface area contributed by atoms with Crippen molar-refractivity contribution < 1.29 is 4.79 Å². The van der Waals surface area contributed by atoms with E-state index in [2.05, 4.69) is 12.2 Å². The molecule has 0 aromatic heterocycles. The van der Waals surface area contributed by atoms with Crippen LogP contribution in [0.1, 0.15) is 39.0 Å². The molecule has 1 aliphatic carbocycles. The quantitative estimate of drug-likeness (QED) is 0.715. The summed E-state index contributed by atoms with van der Waals surface area (Å²) in [6.07, 6.45) is 6.51. The van der Waals surface area contributed by atoms with Crippen LogP contribution >= 0.6 is 0 Å². The molecule has 0 radical (unpaired) electrons. The molecule has 0 aliphatic heterocycles. The first-order chi connectivity index (χ1) is 6.76. The van der Waals surface area contributed by atoms with Crippen LogP contribution in [0.3, 0.4) is 0 Å². The molecule has 0 spiro atoms. The molecule has 1 fully saturated rings. The topological polar surface area (TPSA) is 55.1 Å². The van der Waals surface area contributed by atoms with Crippen molar-refractivity contribution in [3.63, 3.8) is 0 Å². The Morgan fingerprint density at radius 2 is 1.86 bits per heavy atom. The van der Waals surface area contributed by atoms with Gasteiger partial charge in [-0.15, -0.1) is 0 Å². The first kappa shape index (κ1) is 11.5. The number of amides is 1. The van der Waals surface area contributed by atoms with Gasteiger partial charge in [0, 0.05) is 6.54 Å². The van der Waals surface area contributed by atoms with Crippen molar-refractivity contribution in [1.29, 1.82) is 0 Å². The van der Waals surface area contributed by atoms with Gasteiger partial charge < -0.3 is 11.1 Å². The van der Waals surface area contributed by atoms with Gasteiger partial charge in [-0.05, 0) is 24.7 Å². The zero-order chi connectivity index (χ0) is 10.4. The van der Waals surface area contributed by atoms with E-state index in [1.807, 2.05) is 0 Å². The van der Waals surface area contributed by atoms with Crippen molar-refractivity contribution in [1.82, 2.24) is 5.32 Å². The van der Waals surface area contributed by atoms with Crippen LogP contribution in [0.2, 0.25) is 0 Å². The molecule has 3 nitrogen and oxygen atoms in total. The van der Waals surface area contributed by atoms with E-state index in [1.54, 1.807) is 0 Å². The van der Waals surface area contributed by atoms with Gasteiger partial charge in [0.1, 0.15) is 0 Å². The number of hydrogen-bond donors (Lipinski definition) is 2. The largest absolute Gasteiger partial charge is 0.355 e. The highest BCUT2D eigenvalue weighted by atomic mass is 16.1. The van der Waals surface area contributed by atoms with Crippen LogP contribution in [-0.2, 0) is 4.79 Å². The fourth-order valence-electron chi connectivity index (χ4n) is 2.17. The molecular weight excluding hydrogens is 176 g/mol. The Bertz CT molecular complexity index is 174. The molecular formula is C11H22N2O. The normalized spacial score (nSPS) is 27.3. The van der Waals surface area contributed by atoms with Gasteiger partial charge in [-0.25, -0.2) is 0 Å². The van der Waals surface area contributed by atoms with Crippen molar-refractivity contribution in [2.45, 2.75) is 39.0 Å². The molecule has 14 heavy (non-hydrogen) atoms. The van der Waals surface area contributed by atoms with E-state index in [9.17, 15) is 4.79 Å². The van der Waals surface area contributed by atoms with Crippen molar-refractivity contribution in [3.05, 3.63) is 0 Å². The van der Waals surface area contributed by atoms with Gasteiger partial charge in [0.2, 0.25) is 5.91 Å². The maximum Gasteiger partial charge on any atom is 0.233 e. The van der Waals surface area contributed by atoms with Crippen LogP contribution in [0.5, 0.6) is 0 Å². The summed E-state index contributed by atoms with van der Waals surface area (Å²) in [5.41, 5.74) is 5.22. The van der Waals surface area contributed by atoms with E-state index >= 15 is 0 Å². The van der Waals surface area contributed by atoms with E-state index in [-0.39, 0.29) is 12.5 Å². The Morgan fingerprint density at radius 3 is 2.36 bits per heavy atom. The molecule has 3 N–H and O–H groups in total. The minimum Gasteiger partial charge on any atom is -0.355 e. The van der Waals surface area contributed by atoms with Crippen molar-refractivity contribution >= 4 is 5.91 Å². The van der Waals surface area contributed by atoms with E-state index in [1.165, 1.54) is 32.1 Å². The Hall–Kier alpha value is -0.570. The number of rotatable bonds is 4. The van der Waals surface area contributed by atoms with E-state index < -0.39 is 0 Å². The molecule has 0 bridgehead atoms. The Morgan fingerprint density at radius 1 is 1.29 bits per heavy atom. The first-order valence-corrected chi connectivity index (χ1v) is 5.73. The van der Waals surface area contributed by atoms with E-state index in [4.69, 9.17) is 5.73 Å². The number of hydrogen-bond acceptors (Lipinski definition) is 2. The minimum absolute atomic E-state index is 0.0254. The zero-order valence-electron chi connectivity index (χ0n) is 9.09. The SMILES string of the molecule is CCC1CCC(CNC(=O)CN)CC1. The molecule has 0 aromatic rings. The summed E-state index contributed by atoms with van der Waals surface area (Å²) in [6, 6.07) is 0. The maximum absolute atomic E-state index is 10.9. The highest BCUT2D eigenvalue weighted by Gasteiger charge is 2.19. The second-order valence-electron chi connectivity index (χ2n) is 4.30. The molecule has 1 rings (SSSR count). The fraction of sp³-hybridized carbons (Fsp3) is 0.909. The molecule has 1 amide bonds. The second-order valence-corrected chi connectivity index (χ2v) is 4.30. The molecule has 0 heterocycles. The van der Waals surface area contributed by atoms with Crippen LogP contribution in [-0.4, -0.2) is 19.0 Å². The standard InChI is InChI=1S/C11H22N2O/c1-2-9-3-5-10(6-4-9)8-13-11(14)7-12/h9-10H,2-8,12H2,1H3,(H,13,14). The Kier molecular flexibility index (Phi) is 4.94. The molecule has 0 aromatic carbocycles. The third-order valence-electron chi connectivity index (χ3n) is 3.32. The van der Waals surface area contributed by atoms with Crippen molar-refractivity contribution in [2.24, 2.45) is 17.6 Å². The summed E-state index contributed by atoms with van der Waals surface area (Å²) < 4.78 is 0. The van der Waals surface area contributed by atoms with Gasteiger partial charge >= 0.3 is 0 Å². The molecule has 82 valence electrons. The third kappa shape index (κ3) is 3.66. The maximum atomic E-state index is 10.9. The van der Waals surface area contributed by atoms with Gasteiger partial charge in [0.15, 0.2) is 0 Å². The van der Waals surface area contributed by atoms with E-state index in [0.29, 0.717) is 5.92 Å². The van der Waals surface area contributed by atoms with Gasteiger partial charge in [-0.2, -0.15) is 0 Å². The summed E-state index contributed by atoms with van der Waals surface area (Å²) in [5.74, 6) is 1.59. The van der Waals surface area contributed by atoms with Crippen molar-refractivity contribution in [2.75, 3.05) is 13.1 Å². The number of nitrogens with one attached hydrogen (secondary N) is 1. The van der Waals surface area contributed by atoms with Crippen LogP contribution < -0.4 is 11.1 Å². The smallest absolute Gasteiger partial charge is 0.233 e. The average molecular weight is 198 g/mol. The predicted molar refractivity (Wildman–Crippen MR) is 57.8 cm³/mol. The molecule has 0 unspecified atom stereocenters. The Labute approximate surface area is 86.4 Å². The van der Waals surface area contributed by atoms with Crippen LogP contribution in [0.25, 0.3) is 0 Å². The van der Waals surface area contributed by atoms with Gasteiger partial charge in [-0.1, -0.05) is 26.2 Å². The highest BCUT2D eigenvalue weighted by molar-refractivity contribution is 5.77. The molecule has 1 aliphatic rings. The third-order valence-corrected chi connectivity index (χ3v) is 3.32. The number of carbonyl (C=O) groups is 1. The number of carbonyl (C=O) groups excluding carboxylic acids is 1. The lowest BCUT2D eigenvalue weighted by atomic mass is 9.81. The lowest BCUT2D eigenvalue weighted by molar-refractivity contribution is -0.119. The summed E-state index contributed by atoms with van der Waals surface area (Å²) in [7, 11) is 0. The van der Waals surface area contributed by atoms with Gasteiger partial charge in [0.25, 0.3) is 0 Å². The summed E-state index contributed by atoms with van der Waals surface area (Å²) in [5, 5.41) is 2.87. The molecule has 3 heteroatoms. The monoisotopic (exact) mass is 198 g/mol. The first-order valence-electron chi connectivity index (χ1n) is 5.73. The van der Waals surface area contributed by atoms with Crippen LogP contribution in [0, 0.1) is 11.8 Å². The second kappa shape index (κ2) is 6.02. The Balaban J connectivity index is 2.13. The lowest BCUT2D eigenvalue weighted by Gasteiger charge is -2.27. The summed E-state index contributed by atoms with van der Waals surface area (Å²) in [4.78, 5) is 10.9. The molecule has 1 saturated carbocycles.